The minimum Gasteiger partial charge on any atom is -0.398 e. The minimum absolute atomic E-state index is 0.861. The molecule has 2 N–H and O–H groups in total. The van der Waals surface area contributed by atoms with Gasteiger partial charge in [-0.25, -0.2) is 0 Å². The van der Waals surface area contributed by atoms with Crippen LogP contribution >= 0.6 is 0 Å². The number of nitrogens with two attached hydrogens (primary N) is 1. The van der Waals surface area contributed by atoms with E-state index in [-0.39, 0.29) is 0 Å². The molecule has 0 spiro atoms. The molecule has 0 aliphatic carbocycles. The summed E-state index contributed by atoms with van der Waals surface area (Å²) in [5.74, 6) is 0. The van der Waals surface area contributed by atoms with E-state index >= 15 is 0 Å². The second-order valence-electron chi connectivity index (χ2n) is 6.78. The third-order valence-electron chi connectivity index (χ3n) is 4.86. The molecule has 122 valence electrons. The monoisotopic (exact) mass is 315 g/mol. The number of anilines is 1. The summed E-state index contributed by atoms with van der Waals surface area (Å²) in [4.78, 5) is 0. The molecule has 3 aromatic carbocycles. The predicted molar refractivity (Wildman–Crippen MR) is 104 cm³/mol. The molecule has 1 nitrogen and oxygen atoms in total. The lowest BCUT2D eigenvalue weighted by atomic mass is 9.89. The van der Waals surface area contributed by atoms with Crippen molar-refractivity contribution in [2.24, 2.45) is 0 Å². The Hall–Kier alpha value is -2.54. The highest BCUT2D eigenvalue weighted by atomic mass is 14.6. The van der Waals surface area contributed by atoms with Crippen LogP contribution in [0.4, 0.5) is 5.69 Å². The Morgan fingerprint density at radius 3 is 2.04 bits per heavy atom. The number of benzene rings is 3. The van der Waals surface area contributed by atoms with E-state index in [0.29, 0.717) is 0 Å². The number of rotatable bonds is 3. The maximum Gasteiger partial charge on any atom is 0.0350 e. The Kier molecular flexibility index (Phi) is 4.44. The van der Waals surface area contributed by atoms with Crippen molar-refractivity contribution in [2.75, 3.05) is 5.73 Å². The smallest absolute Gasteiger partial charge is 0.0350 e. The van der Waals surface area contributed by atoms with Gasteiger partial charge in [0, 0.05) is 5.69 Å². The number of aryl methyl sites for hydroxylation is 4. The van der Waals surface area contributed by atoms with E-state index < -0.39 is 0 Å². The summed E-state index contributed by atoms with van der Waals surface area (Å²) in [5, 5.41) is 0. The van der Waals surface area contributed by atoms with Gasteiger partial charge in [-0.15, -0.1) is 0 Å². The van der Waals surface area contributed by atoms with Crippen LogP contribution in [0.5, 0.6) is 0 Å². The third kappa shape index (κ3) is 3.21. The number of hydrogen-bond acceptors (Lipinski definition) is 1. The van der Waals surface area contributed by atoms with Crippen LogP contribution in [0.25, 0.3) is 11.1 Å². The van der Waals surface area contributed by atoms with E-state index in [1.165, 1.54) is 38.9 Å². The van der Waals surface area contributed by atoms with E-state index in [0.717, 1.165) is 17.7 Å². The van der Waals surface area contributed by atoms with Crippen molar-refractivity contribution in [3.8, 4) is 11.1 Å². The summed E-state index contributed by atoms with van der Waals surface area (Å²) in [6, 6.07) is 19.6. The average molecular weight is 315 g/mol. The maximum atomic E-state index is 6.24. The van der Waals surface area contributed by atoms with E-state index in [1.54, 1.807) is 0 Å². The fourth-order valence-corrected chi connectivity index (χ4v) is 3.25. The summed E-state index contributed by atoms with van der Waals surface area (Å²) in [5.41, 5.74) is 17.4. The molecule has 0 saturated carbocycles. The van der Waals surface area contributed by atoms with Crippen molar-refractivity contribution in [1.82, 2.24) is 0 Å². The van der Waals surface area contributed by atoms with E-state index in [2.05, 4.69) is 82.3 Å². The van der Waals surface area contributed by atoms with Crippen molar-refractivity contribution in [3.05, 3.63) is 88.0 Å². The molecule has 0 fully saturated rings. The molecule has 24 heavy (non-hydrogen) atoms. The maximum absolute atomic E-state index is 6.24. The van der Waals surface area contributed by atoms with Crippen LogP contribution in [-0.2, 0) is 6.42 Å². The average Bonchev–Trinajstić information content (AvgIpc) is 2.55. The fourth-order valence-electron chi connectivity index (χ4n) is 3.25. The van der Waals surface area contributed by atoms with Crippen LogP contribution in [0.15, 0.2) is 54.6 Å². The molecule has 0 unspecified atom stereocenters. The molecule has 0 amide bonds. The zero-order valence-corrected chi connectivity index (χ0v) is 15.0. The summed E-state index contributed by atoms with van der Waals surface area (Å²) >= 11 is 0. The number of nitrogen functional groups attached to an aromatic ring is 1. The molecule has 0 aromatic heterocycles. The molecule has 0 radical (unpaired) electrons. The fraction of sp³-hybridized carbons (Fsp3) is 0.217. The molecular weight excluding hydrogens is 290 g/mol. The van der Waals surface area contributed by atoms with Gasteiger partial charge in [-0.2, -0.15) is 0 Å². The Morgan fingerprint density at radius 2 is 1.33 bits per heavy atom. The normalized spacial score (nSPS) is 10.8. The quantitative estimate of drug-likeness (QED) is 0.611. The van der Waals surface area contributed by atoms with Crippen LogP contribution in [0.1, 0.15) is 33.4 Å². The van der Waals surface area contributed by atoms with Gasteiger partial charge in [0.05, 0.1) is 0 Å². The van der Waals surface area contributed by atoms with Gasteiger partial charge in [-0.05, 0) is 84.7 Å². The van der Waals surface area contributed by atoms with Crippen molar-refractivity contribution in [1.29, 1.82) is 0 Å². The van der Waals surface area contributed by atoms with Crippen LogP contribution in [-0.4, -0.2) is 0 Å². The van der Waals surface area contributed by atoms with Gasteiger partial charge in [-0.1, -0.05) is 48.5 Å². The molecule has 3 rings (SSSR count). The lowest BCUT2D eigenvalue weighted by molar-refractivity contribution is 1.18. The molecule has 0 heterocycles. The molecule has 0 aliphatic rings. The van der Waals surface area contributed by atoms with Gasteiger partial charge in [-0.3, -0.25) is 0 Å². The SMILES string of the molecule is Cc1cc(C)c(-c2cc(N)c(C)cc2Cc2ccccc2)cc1C. The lowest BCUT2D eigenvalue weighted by Gasteiger charge is -2.17. The minimum atomic E-state index is 0.861. The van der Waals surface area contributed by atoms with Crippen LogP contribution in [0.3, 0.4) is 0 Å². The van der Waals surface area contributed by atoms with Gasteiger partial charge in [0.1, 0.15) is 0 Å². The van der Waals surface area contributed by atoms with Crippen LogP contribution in [0.2, 0.25) is 0 Å². The summed E-state index contributed by atoms with van der Waals surface area (Å²) in [7, 11) is 0. The third-order valence-corrected chi connectivity index (χ3v) is 4.86. The first-order chi connectivity index (χ1) is 11.5. The van der Waals surface area contributed by atoms with Crippen molar-refractivity contribution >= 4 is 5.69 Å². The Labute approximate surface area is 145 Å². The highest BCUT2D eigenvalue weighted by molar-refractivity contribution is 5.76. The highest BCUT2D eigenvalue weighted by Crippen LogP contribution is 2.33. The number of hydrogen-bond donors (Lipinski definition) is 1. The van der Waals surface area contributed by atoms with E-state index in [1.807, 2.05) is 0 Å². The predicted octanol–water partition coefficient (Wildman–Crippen LogP) is 5.76. The van der Waals surface area contributed by atoms with Crippen molar-refractivity contribution in [2.45, 2.75) is 34.1 Å². The zero-order chi connectivity index (χ0) is 17.3. The Bertz CT molecular complexity index is 876. The van der Waals surface area contributed by atoms with Gasteiger partial charge in [0.25, 0.3) is 0 Å². The summed E-state index contributed by atoms with van der Waals surface area (Å²) in [6.45, 7) is 8.61. The first kappa shape index (κ1) is 16.3. The van der Waals surface area contributed by atoms with E-state index in [4.69, 9.17) is 5.73 Å². The molecule has 0 atom stereocenters. The summed E-state index contributed by atoms with van der Waals surface area (Å²) < 4.78 is 0. The molecular formula is C23H25N. The lowest BCUT2D eigenvalue weighted by Crippen LogP contribution is -1.99. The van der Waals surface area contributed by atoms with E-state index in [9.17, 15) is 0 Å². The first-order valence-corrected chi connectivity index (χ1v) is 8.47. The topological polar surface area (TPSA) is 26.0 Å². The standard InChI is InChI=1S/C23H25N/c1-15-10-17(3)21(12-16(15)2)22-14-23(24)18(4)11-20(22)13-19-8-6-5-7-9-19/h5-12,14H,13,24H2,1-4H3. The van der Waals surface area contributed by atoms with Gasteiger partial charge in [0.2, 0.25) is 0 Å². The van der Waals surface area contributed by atoms with Gasteiger partial charge >= 0.3 is 0 Å². The molecule has 0 bridgehead atoms. The van der Waals surface area contributed by atoms with Crippen LogP contribution < -0.4 is 5.73 Å². The van der Waals surface area contributed by atoms with Gasteiger partial charge < -0.3 is 5.73 Å². The summed E-state index contributed by atoms with van der Waals surface area (Å²) in [6.07, 6.45) is 0.920. The van der Waals surface area contributed by atoms with Crippen molar-refractivity contribution < 1.29 is 0 Å². The molecule has 0 saturated heterocycles. The Morgan fingerprint density at radius 1 is 0.667 bits per heavy atom. The second-order valence-corrected chi connectivity index (χ2v) is 6.78. The molecule has 3 aromatic rings. The Balaban J connectivity index is 2.17. The highest BCUT2D eigenvalue weighted by Gasteiger charge is 2.12. The first-order valence-electron chi connectivity index (χ1n) is 8.47. The van der Waals surface area contributed by atoms with Gasteiger partial charge in [0.15, 0.2) is 0 Å². The largest absolute Gasteiger partial charge is 0.398 e. The van der Waals surface area contributed by atoms with Crippen molar-refractivity contribution in [3.63, 3.8) is 0 Å². The zero-order valence-electron chi connectivity index (χ0n) is 15.0. The van der Waals surface area contributed by atoms with Crippen LogP contribution in [0, 0.1) is 27.7 Å². The molecule has 1 heteroatoms. The molecule has 0 aliphatic heterocycles. The second kappa shape index (κ2) is 6.52.